The topological polar surface area (TPSA) is 43.6 Å². The molecule has 0 spiro atoms. The van der Waals surface area contributed by atoms with Crippen molar-refractivity contribution in [2.24, 2.45) is 0 Å². The van der Waals surface area contributed by atoms with E-state index < -0.39 is 0 Å². The first-order valence-electron chi connectivity index (χ1n) is 8.70. The highest BCUT2D eigenvalue weighted by Gasteiger charge is 2.25. The summed E-state index contributed by atoms with van der Waals surface area (Å²) >= 11 is 3.52. The van der Waals surface area contributed by atoms with E-state index in [1.165, 1.54) is 25.7 Å². The number of fused-ring (bicyclic) bond motifs is 2. The molecule has 4 nitrogen and oxygen atoms in total. The number of hydrogen-bond donors (Lipinski definition) is 0. The minimum absolute atomic E-state index is 0.458. The number of nitrogens with zero attached hydrogens (tertiary/aromatic N) is 4. The van der Waals surface area contributed by atoms with Crippen molar-refractivity contribution in [2.45, 2.75) is 31.7 Å². The molecule has 0 saturated heterocycles. The van der Waals surface area contributed by atoms with Crippen LogP contribution in [0.15, 0.2) is 53.0 Å². The second-order valence-electron chi connectivity index (χ2n) is 6.61. The maximum absolute atomic E-state index is 4.91. The van der Waals surface area contributed by atoms with Gasteiger partial charge in [0, 0.05) is 16.1 Å². The van der Waals surface area contributed by atoms with E-state index in [9.17, 15) is 0 Å². The van der Waals surface area contributed by atoms with Gasteiger partial charge in [-0.25, -0.2) is 15.0 Å². The Kier molecular flexibility index (Phi) is 3.55. The minimum Gasteiger partial charge on any atom is -0.304 e. The molecule has 0 bridgehead atoms. The zero-order chi connectivity index (χ0) is 16.8. The number of rotatable bonds is 2. The van der Waals surface area contributed by atoms with Crippen molar-refractivity contribution in [3.8, 4) is 11.4 Å². The number of halogens is 1. The molecule has 2 heterocycles. The summed E-state index contributed by atoms with van der Waals surface area (Å²) in [6.07, 6.45) is 4.91. The molecule has 25 heavy (non-hydrogen) atoms. The van der Waals surface area contributed by atoms with E-state index in [-0.39, 0.29) is 0 Å². The molecule has 0 unspecified atom stereocenters. The fraction of sp³-hybridized carbons (Fsp3) is 0.250. The molecule has 1 fully saturated rings. The smallest absolute Gasteiger partial charge is 0.198 e. The van der Waals surface area contributed by atoms with Gasteiger partial charge in [0.2, 0.25) is 0 Å². The lowest BCUT2D eigenvalue weighted by atomic mass is 10.2. The molecule has 0 amide bonds. The second-order valence-corrected chi connectivity index (χ2v) is 7.53. The average molecular weight is 393 g/mol. The Morgan fingerprint density at radius 1 is 0.840 bits per heavy atom. The SMILES string of the molecule is Brc1ccc(-c2nc3nc4ccccc4nc3n2C2CCCC2)cc1. The molecular weight excluding hydrogens is 376 g/mol. The van der Waals surface area contributed by atoms with Crippen LogP contribution in [0.2, 0.25) is 0 Å². The predicted molar refractivity (Wildman–Crippen MR) is 103 cm³/mol. The number of aromatic nitrogens is 4. The fourth-order valence-electron chi connectivity index (χ4n) is 3.78. The molecule has 2 aromatic heterocycles. The minimum atomic E-state index is 0.458. The van der Waals surface area contributed by atoms with E-state index in [0.29, 0.717) is 6.04 Å². The van der Waals surface area contributed by atoms with Crippen LogP contribution in [0.3, 0.4) is 0 Å². The van der Waals surface area contributed by atoms with Crippen molar-refractivity contribution >= 4 is 38.3 Å². The Balaban J connectivity index is 1.81. The van der Waals surface area contributed by atoms with Crippen molar-refractivity contribution in [1.82, 2.24) is 19.5 Å². The summed E-state index contributed by atoms with van der Waals surface area (Å²) in [6.45, 7) is 0. The largest absolute Gasteiger partial charge is 0.304 e. The highest BCUT2D eigenvalue weighted by atomic mass is 79.9. The molecule has 0 aliphatic heterocycles. The zero-order valence-corrected chi connectivity index (χ0v) is 15.3. The molecule has 5 rings (SSSR count). The van der Waals surface area contributed by atoms with Gasteiger partial charge in [-0.15, -0.1) is 0 Å². The molecular formula is C20H17BrN4. The molecule has 1 aliphatic rings. The first-order chi connectivity index (χ1) is 12.3. The summed E-state index contributed by atoms with van der Waals surface area (Å²) in [4.78, 5) is 14.6. The summed E-state index contributed by atoms with van der Waals surface area (Å²) in [7, 11) is 0. The Morgan fingerprint density at radius 2 is 1.52 bits per heavy atom. The number of benzene rings is 2. The van der Waals surface area contributed by atoms with Crippen molar-refractivity contribution in [2.75, 3.05) is 0 Å². The molecule has 2 aromatic carbocycles. The van der Waals surface area contributed by atoms with Gasteiger partial charge in [0.1, 0.15) is 5.82 Å². The number of imidazole rings is 1. The van der Waals surface area contributed by atoms with Crippen molar-refractivity contribution in [1.29, 1.82) is 0 Å². The monoisotopic (exact) mass is 392 g/mol. The molecule has 124 valence electrons. The summed E-state index contributed by atoms with van der Waals surface area (Å²) in [5.41, 5.74) is 4.58. The highest BCUT2D eigenvalue weighted by Crippen LogP contribution is 2.36. The van der Waals surface area contributed by atoms with Crippen LogP contribution < -0.4 is 0 Å². The third kappa shape index (κ3) is 2.54. The molecule has 0 atom stereocenters. The van der Waals surface area contributed by atoms with Gasteiger partial charge in [-0.2, -0.15) is 0 Å². The van der Waals surface area contributed by atoms with Crippen molar-refractivity contribution in [3.05, 3.63) is 53.0 Å². The second kappa shape index (κ2) is 5.92. The van der Waals surface area contributed by atoms with E-state index in [1.807, 2.05) is 24.3 Å². The standard InChI is InChI=1S/C20H17BrN4/c21-14-11-9-13(10-12-14)19-24-18-20(25(19)15-5-1-2-6-15)23-17-8-4-3-7-16(17)22-18/h3-4,7-12,15H,1-2,5-6H2. The van der Waals surface area contributed by atoms with Crippen LogP contribution in [0.1, 0.15) is 31.7 Å². The molecule has 0 radical (unpaired) electrons. The zero-order valence-electron chi connectivity index (χ0n) is 13.7. The fourth-order valence-corrected chi connectivity index (χ4v) is 4.05. The van der Waals surface area contributed by atoms with Gasteiger partial charge < -0.3 is 4.57 Å². The van der Waals surface area contributed by atoms with Gasteiger partial charge in [-0.05, 0) is 37.1 Å². The summed E-state index contributed by atoms with van der Waals surface area (Å²) in [6, 6.07) is 16.8. The Labute approximate surface area is 154 Å². The lowest BCUT2D eigenvalue weighted by Gasteiger charge is -2.15. The molecule has 0 N–H and O–H groups in total. The van der Waals surface area contributed by atoms with Gasteiger partial charge in [0.15, 0.2) is 11.3 Å². The van der Waals surface area contributed by atoms with Crippen LogP contribution in [0.4, 0.5) is 0 Å². The van der Waals surface area contributed by atoms with Gasteiger partial charge in [-0.1, -0.05) is 53.0 Å². The Hall–Kier alpha value is -2.27. The average Bonchev–Trinajstić information content (AvgIpc) is 3.27. The number of para-hydroxylation sites is 2. The van der Waals surface area contributed by atoms with Crippen LogP contribution in [0, 0.1) is 0 Å². The normalized spacial score (nSPS) is 15.4. The van der Waals surface area contributed by atoms with Crippen LogP contribution in [0.25, 0.3) is 33.7 Å². The van der Waals surface area contributed by atoms with Crippen LogP contribution in [-0.4, -0.2) is 19.5 Å². The predicted octanol–water partition coefficient (Wildman–Crippen LogP) is 5.52. The molecule has 5 heteroatoms. The van der Waals surface area contributed by atoms with Crippen LogP contribution in [0.5, 0.6) is 0 Å². The van der Waals surface area contributed by atoms with Crippen LogP contribution >= 0.6 is 15.9 Å². The highest BCUT2D eigenvalue weighted by molar-refractivity contribution is 9.10. The maximum atomic E-state index is 4.91. The summed E-state index contributed by atoms with van der Waals surface area (Å²) in [5.74, 6) is 0.977. The van der Waals surface area contributed by atoms with Gasteiger partial charge in [-0.3, -0.25) is 0 Å². The van der Waals surface area contributed by atoms with Gasteiger partial charge in [0.05, 0.1) is 11.0 Å². The maximum Gasteiger partial charge on any atom is 0.198 e. The van der Waals surface area contributed by atoms with Crippen molar-refractivity contribution in [3.63, 3.8) is 0 Å². The van der Waals surface area contributed by atoms with Crippen LogP contribution in [-0.2, 0) is 0 Å². The molecule has 1 saturated carbocycles. The van der Waals surface area contributed by atoms with Gasteiger partial charge >= 0.3 is 0 Å². The van der Waals surface area contributed by atoms with E-state index in [1.54, 1.807) is 0 Å². The molecule has 1 aliphatic carbocycles. The van der Waals surface area contributed by atoms with Gasteiger partial charge in [0.25, 0.3) is 0 Å². The third-order valence-corrected chi connectivity index (χ3v) is 5.52. The Bertz CT molecular complexity index is 1060. The van der Waals surface area contributed by atoms with E-state index in [0.717, 1.165) is 38.2 Å². The summed E-state index contributed by atoms with van der Waals surface area (Å²) < 4.78 is 3.40. The quantitative estimate of drug-likeness (QED) is 0.450. The molecule has 4 aromatic rings. The summed E-state index contributed by atoms with van der Waals surface area (Å²) in [5, 5.41) is 0. The lowest BCUT2D eigenvalue weighted by molar-refractivity contribution is 0.534. The van der Waals surface area contributed by atoms with E-state index in [4.69, 9.17) is 15.0 Å². The van der Waals surface area contributed by atoms with E-state index in [2.05, 4.69) is 44.8 Å². The first-order valence-corrected chi connectivity index (χ1v) is 9.49. The third-order valence-electron chi connectivity index (χ3n) is 4.99. The number of hydrogen-bond acceptors (Lipinski definition) is 3. The first kappa shape index (κ1) is 15.0. The van der Waals surface area contributed by atoms with Crippen molar-refractivity contribution < 1.29 is 0 Å². The lowest BCUT2D eigenvalue weighted by Crippen LogP contribution is -2.07. The Morgan fingerprint density at radius 3 is 2.24 bits per heavy atom. The van der Waals surface area contributed by atoms with E-state index >= 15 is 0 Å².